The zero-order valence-electron chi connectivity index (χ0n) is 9.94. The molecule has 2 aliphatic heterocycles. The van der Waals surface area contributed by atoms with Gasteiger partial charge in [0.05, 0.1) is 6.04 Å². The molecule has 2 saturated heterocycles. The first kappa shape index (κ1) is 12.7. The van der Waals surface area contributed by atoms with Crippen LogP contribution >= 0.6 is 11.8 Å². The molecule has 96 valence electrons. The highest BCUT2D eigenvalue weighted by atomic mass is 32.2. The molecule has 0 aromatic carbocycles. The summed E-state index contributed by atoms with van der Waals surface area (Å²) in [6, 6.07) is -0.211. The van der Waals surface area contributed by atoms with Gasteiger partial charge in [-0.05, 0) is 26.2 Å². The minimum atomic E-state index is -1.02. The first-order chi connectivity index (χ1) is 8.05. The third kappa shape index (κ3) is 2.28. The molecule has 2 N–H and O–H groups in total. The molecular weight excluding hydrogens is 240 g/mol. The number of hydrogen-bond donors (Lipinski definition) is 2. The summed E-state index contributed by atoms with van der Waals surface area (Å²) >= 11 is 1.68. The number of hydrogen-bond acceptors (Lipinski definition) is 4. The number of aliphatic carboxylic acids is 1. The van der Waals surface area contributed by atoms with Crippen LogP contribution in [0, 0.1) is 0 Å². The van der Waals surface area contributed by atoms with Gasteiger partial charge in [0.15, 0.2) is 0 Å². The van der Waals surface area contributed by atoms with E-state index >= 15 is 0 Å². The lowest BCUT2D eigenvalue weighted by atomic mass is 9.88. The van der Waals surface area contributed by atoms with Crippen molar-refractivity contribution in [1.29, 1.82) is 0 Å². The number of carbonyl (C=O) groups excluding carboxylic acids is 1. The maximum Gasteiger partial charge on any atom is 0.329 e. The number of piperidine rings is 1. The van der Waals surface area contributed by atoms with Crippen molar-refractivity contribution in [2.24, 2.45) is 0 Å². The molecular formula is C11H18N2O3S. The average molecular weight is 258 g/mol. The summed E-state index contributed by atoms with van der Waals surface area (Å²) in [5, 5.41) is 12.4. The second kappa shape index (κ2) is 4.86. The van der Waals surface area contributed by atoms with Crippen molar-refractivity contribution >= 4 is 23.6 Å². The Bertz CT molecular complexity index is 331. The molecule has 0 saturated carbocycles. The number of nitrogens with one attached hydrogen (secondary N) is 1. The van der Waals surface area contributed by atoms with Crippen LogP contribution in [-0.4, -0.2) is 51.6 Å². The van der Waals surface area contributed by atoms with Gasteiger partial charge in [0.2, 0.25) is 5.91 Å². The lowest BCUT2D eigenvalue weighted by Gasteiger charge is -2.42. The summed E-state index contributed by atoms with van der Waals surface area (Å²) in [5.41, 5.74) is -1.02. The molecule has 2 rings (SSSR count). The SMILES string of the molecule is CC1(C(=O)O)CCCCN1C(=O)C1CSCN1. The first-order valence-electron chi connectivity index (χ1n) is 5.92. The number of likely N-dealkylation sites (tertiary alicyclic amines) is 1. The van der Waals surface area contributed by atoms with E-state index in [9.17, 15) is 14.7 Å². The molecule has 2 unspecified atom stereocenters. The van der Waals surface area contributed by atoms with Crippen molar-refractivity contribution in [2.75, 3.05) is 18.2 Å². The molecule has 0 aromatic heterocycles. The first-order valence-corrected chi connectivity index (χ1v) is 7.07. The molecule has 0 bridgehead atoms. The lowest BCUT2D eigenvalue weighted by Crippen LogP contribution is -2.61. The van der Waals surface area contributed by atoms with Gasteiger partial charge in [-0.3, -0.25) is 10.1 Å². The number of carboxylic acid groups (broad SMARTS) is 1. The summed E-state index contributed by atoms with van der Waals surface area (Å²) in [7, 11) is 0. The highest BCUT2D eigenvalue weighted by Crippen LogP contribution is 2.29. The molecule has 2 fully saturated rings. The number of thioether (sulfide) groups is 1. The summed E-state index contributed by atoms with van der Waals surface area (Å²) < 4.78 is 0. The molecule has 2 aliphatic rings. The van der Waals surface area contributed by atoms with Gasteiger partial charge in [0.1, 0.15) is 5.54 Å². The Labute approximate surface area is 105 Å². The van der Waals surface area contributed by atoms with Gasteiger partial charge >= 0.3 is 5.97 Å². The van der Waals surface area contributed by atoms with E-state index < -0.39 is 11.5 Å². The van der Waals surface area contributed by atoms with Crippen molar-refractivity contribution in [3.8, 4) is 0 Å². The second-order valence-corrected chi connectivity index (χ2v) is 5.83. The largest absolute Gasteiger partial charge is 0.480 e. The molecule has 5 nitrogen and oxygen atoms in total. The van der Waals surface area contributed by atoms with E-state index in [0.717, 1.165) is 24.5 Å². The average Bonchev–Trinajstić information content (AvgIpc) is 2.82. The van der Waals surface area contributed by atoms with E-state index in [1.54, 1.807) is 23.6 Å². The summed E-state index contributed by atoms with van der Waals surface area (Å²) in [6.07, 6.45) is 2.32. The smallest absolute Gasteiger partial charge is 0.329 e. The van der Waals surface area contributed by atoms with Gasteiger partial charge < -0.3 is 10.0 Å². The predicted molar refractivity (Wildman–Crippen MR) is 65.9 cm³/mol. The molecule has 6 heteroatoms. The Balaban J connectivity index is 2.15. The second-order valence-electron chi connectivity index (χ2n) is 4.80. The van der Waals surface area contributed by atoms with Gasteiger partial charge in [0.25, 0.3) is 0 Å². The molecule has 0 spiro atoms. The van der Waals surface area contributed by atoms with E-state index in [1.807, 2.05) is 0 Å². The number of carboxylic acids is 1. The van der Waals surface area contributed by atoms with Gasteiger partial charge in [-0.2, -0.15) is 0 Å². The van der Waals surface area contributed by atoms with Crippen LogP contribution in [0.4, 0.5) is 0 Å². The maximum atomic E-state index is 12.3. The van der Waals surface area contributed by atoms with Crippen molar-refractivity contribution in [3.63, 3.8) is 0 Å². The van der Waals surface area contributed by atoms with Crippen molar-refractivity contribution in [3.05, 3.63) is 0 Å². The Morgan fingerprint density at radius 3 is 2.82 bits per heavy atom. The molecule has 0 aromatic rings. The topological polar surface area (TPSA) is 69.6 Å². The van der Waals surface area contributed by atoms with E-state index in [-0.39, 0.29) is 11.9 Å². The van der Waals surface area contributed by atoms with Crippen LogP contribution in [-0.2, 0) is 9.59 Å². The Kier molecular flexibility index (Phi) is 3.63. The van der Waals surface area contributed by atoms with Gasteiger partial charge in [-0.1, -0.05) is 0 Å². The molecule has 2 heterocycles. The monoisotopic (exact) mass is 258 g/mol. The normalized spacial score (nSPS) is 33.7. The Hall–Kier alpha value is -0.750. The van der Waals surface area contributed by atoms with Crippen molar-refractivity contribution < 1.29 is 14.7 Å². The summed E-state index contributed by atoms with van der Waals surface area (Å²) in [4.78, 5) is 25.3. The van der Waals surface area contributed by atoms with E-state index in [1.165, 1.54) is 0 Å². The molecule has 1 amide bonds. The van der Waals surface area contributed by atoms with Crippen LogP contribution in [0.25, 0.3) is 0 Å². The maximum absolute atomic E-state index is 12.3. The minimum Gasteiger partial charge on any atom is -0.480 e. The van der Waals surface area contributed by atoms with Crippen LogP contribution in [0.2, 0.25) is 0 Å². The number of nitrogens with zero attached hydrogens (tertiary/aromatic N) is 1. The number of rotatable bonds is 2. The third-order valence-corrected chi connectivity index (χ3v) is 4.57. The Morgan fingerprint density at radius 1 is 1.47 bits per heavy atom. The molecule has 17 heavy (non-hydrogen) atoms. The summed E-state index contributed by atoms with van der Waals surface area (Å²) in [5.74, 6) is 0.565. The zero-order valence-corrected chi connectivity index (χ0v) is 10.8. The number of amides is 1. The zero-order chi connectivity index (χ0) is 12.5. The fourth-order valence-corrected chi connectivity index (χ4v) is 3.37. The van der Waals surface area contributed by atoms with Crippen LogP contribution in [0.5, 0.6) is 0 Å². The van der Waals surface area contributed by atoms with Crippen LogP contribution < -0.4 is 5.32 Å². The number of carbonyl (C=O) groups is 2. The summed E-state index contributed by atoms with van der Waals surface area (Å²) in [6.45, 7) is 2.22. The van der Waals surface area contributed by atoms with Crippen molar-refractivity contribution in [2.45, 2.75) is 37.8 Å². The standard InChI is InChI=1S/C11H18N2O3S/c1-11(10(15)16)4-2-3-5-13(11)9(14)8-6-17-7-12-8/h8,12H,2-7H2,1H3,(H,15,16). The van der Waals surface area contributed by atoms with Crippen LogP contribution in [0.3, 0.4) is 0 Å². The fourth-order valence-electron chi connectivity index (χ4n) is 2.44. The van der Waals surface area contributed by atoms with Crippen LogP contribution in [0.1, 0.15) is 26.2 Å². The molecule has 0 aliphatic carbocycles. The quantitative estimate of drug-likeness (QED) is 0.755. The van der Waals surface area contributed by atoms with E-state index in [2.05, 4.69) is 5.32 Å². The predicted octanol–water partition coefficient (Wildman–Crippen LogP) is 0.505. The van der Waals surface area contributed by atoms with E-state index in [4.69, 9.17) is 0 Å². The highest BCUT2D eigenvalue weighted by molar-refractivity contribution is 7.99. The fraction of sp³-hybridized carbons (Fsp3) is 0.818. The molecule has 0 radical (unpaired) electrons. The van der Waals surface area contributed by atoms with Crippen LogP contribution in [0.15, 0.2) is 0 Å². The highest BCUT2D eigenvalue weighted by Gasteiger charge is 2.45. The van der Waals surface area contributed by atoms with Gasteiger partial charge in [-0.15, -0.1) is 11.8 Å². The van der Waals surface area contributed by atoms with Gasteiger partial charge in [-0.25, -0.2) is 4.79 Å². The third-order valence-electron chi connectivity index (χ3n) is 3.63. The lowest BCUT2D eigenvalue weighted by molar-refractivity contribution is -0.161. The molecule has 2 atom stereocenters. The van der Waals surface area contributed by atoms with Gasteiger partial charge in [0, 0.05) is 18.2 Å². The van der Waals surface area contributed by atoms with E-state index in [0.29, 0.717) is 13.0 Å². The minimum absolute atomic E-state index is 0.0559. The van der Waals surface area contributed by atoms with Crippen molar-refractivity contribution in [1.82, 2.24) is 10.2 Å². The Morgan fingerprint density at radius 2 is 2.24 bits per heavy atom.